The van der Waals surface area contributed by atoms with Crippen molar-refractivity contribution in [1.82, 2.24) is 4.98 Å². The van der Waals surface area contributed by atoms with Gasteiger partial charge in [0.25, 0.3) is 5.91 Å². The van der Waals surface area contributed by atoms with Gasteiger partial charge in [-0.1, -0.05) is 36.4 Å². The van der Waals surface area contributed by atoms with E-state index in [0.29, 0.717) is 17.1 Å². The van der Waals surface area contributed by atoms with Crippen LogP contribution in [0.15, 0.2) is 60.7 Å². The van der Waals surface area contributed by atoms with E-state index in [1.54, 1.807) is 18.2 Å². The van der Waals surface area contributed by atoms with Crippen LogP contribution in [0.1, 0.15) is 10.5 Å². The van der Waals surface area contributed by atoms with Crippen molar-refractivity contribution in [2.45, 2.75) is 0 Å². The molecule has 3 rings (SSSR count). The monoisotopic (exact) mass is 263 g/mol. The lowest BCUT2D eigenvalue weighted by Crippen LogP contribution is -2.14. The average Bonchev–Trinajstić information content (AvgIpc) is 2.49. The number of fused-ring (bicyclic) bond motifs is 1. The number of pyridine rings is 1. The molecule has 0 aliphatic heterocycles. The highest BCUT2D eigenvalue weighted by Gasteiger charge is 2.09. The van der Waals surface area contributed by atoms with Crippen LogP contribution in [0.3, 0.4) is 0 Å². The first-order valence-electron chi connectivity index (χ1n) is 6.26. The highest BCUT2D eigenvalue weighted by Crippen LogP contribution is 2.18. The summed E-state index contributed by atoms with van der Waals surface area (Å²) >= 11 is 0. The van der Waals surface area contributed by atoms with Crippen LogP contribution in [0, 0.1) is 0 Å². The molecule has 0 radical (unpaired) electrons. The van der Waals surface area contributed by atoms with Crippen LogP contribution in [-0.4, -0.2) is 10.9 Å². The summed E-state index contributed by atoms with van der Waals surface area (Å²) in [6, 6.07) is 18.4. The smallest absolute Gasteiger partial charge is 0.274 e. The topological polar surface area (TPSA) is 68.0 Å². The van der Waals surface area contributed by atoms with Crippen LogP contribution in [0.4, 0.5) is 11.4 Å². The minimum Gasteiger partial charge on any atom is -0.397 e. The number of carbonyl (C=O) groups is 1. The molecule has 0 saturated carbocycles. The molecule has 1 amide bonds. The zero-order chi connectivity index (χ0) is 13.9. The fraction of sp³-hybridized carbons (Fsp3) is 0. The van der Waals surface area contributed by atoms with E-state index < -0.39 is 0 Å². The summed E-state index contributed by atoms with van der Waals surface area (Å²) in [5, 5.41) is 3.77. The number of nitrogens with zero attached hydrogens (tertiary/aromatic N) is 1. The quantitative estimate of drug-likeness (QED) is 0.698. The van der Waals surface area contributed by atoms with Crippen molar-refractivity contribution in [3.63, 3.8) is 0 Å². The summed E-state index contributed by atoms with van der Waals surface area (Å²) in [4.78, 5) is 16.5. The zero-order valence-corrected chi connectivity index (χ0v) is 10.7. The number of carbonyl (C=O) groups excluding carboxylic acids is 1. The first-order valence-corrected chi connectivity index (χ1v) is 6.26. The van der Waals surface area contributed by atoms with Gasteiger partial charge in [-0.2, -0.15) is 0 Å². The highest BCUT2D eigenvalue weighted by molar-refractivity contribution is 6.05. The van der Waals surface area contributed by atoms with Crippen LogP contribution in [0.25, 0.3) is 10.9 Å². The number of nitrogen functional groups attached to an aromatic ring is 1. The molecular weight excluding hydrogens is 250 g/mol. The molecule has 1 heterocycles. The van der Waals surface area contributed by atoms with Crippen LogP contribution in [0.2, 0.25) is 0 Å². The van der Waals surface area contributed by atoms with Crippen molar-refractivity contribution in [1.29, 1.82) is 0 Å². The van der Waals surface area contributed by atoms with Crippen molar-refractivity contribution in [3.8, 4) is 0 Å². The second kappa shape index (κ2) is 5.01. The molecule has 0 aliphatic rings. The molecule has 2 aromatic carbocycles. The fourth-order valence-electron chi connectivity index (χ4n) is 1.99. The number of hydrogen-bond acceptors (Lipinski definition) is 3. The Morgan fingerprint density at radius 1 is 0.950 bits per heavy atom. The van der Waals surface area contributed by atoms with Gasteiger partial charge >= 0.3 is 0 Å². The van der Waals surface area contributed by atoms with Crippen LogP contribution in [0.5, 0.6) is 0 Å². The summed E-state index contributed by atoms with van der Waals surface area (Å²) in [7, 11) is 0. The van der Waals surface area contributed by atoms with E-state index >= 15 is 0 Å². The van der Waals surface area contributed by atoms with E-state index in [9.17, 15) is 4.79 Å². The molecule has 0 fully saturated rings. The molecule has 1 aromatic heterocycles. The van der Waals surface area contributed by atoms with Gasteiger partial charge in [0.1, 0.15) is 5.69 Å². The van der Waals surface area contributed by atoms with Gasteiger partial charge in [-0.3, -0.25) is 4.79 Å². The average molecular weight is 263 g/mol. The lowest BCUT2D eigenvalue weighted by atomic mass is 10.2. The molecular formula is C16H13N3O. The SMILES string of the molecule is Nc1ccccc1NC(=O)c1ccc2ccccc2n1. The molecule has 4 heteroatoms. The summed E-state index contributed by atoms with van der Waals surface area (Å²) in [5.41, 5.74) is 8.08. The van der Waals surface area contributed by atoms with E-state index in [2.05, 4.69) is 10.3 Å². The molecule has 0 aliphatic carbocycles. The molecule has 20 heavy (non-hydrogen) atoms. The standard InChI is InChI=1S/C16H13N3O/c17-12-6-2-4-8-14(12)19-16(20)15-10-9-11-5-1-3-7-13(11)18-15/h1-10H,17H2,(H,19,20). The number of hydrogen-bond donors (Lipinski definition) is 2. The van der Waals surface area contributed by atoms with Gasteiger partial charge < -0.3 is 11.1 Å². The first kappa shape index (κ1) is 12.2. The van der Waals surface area contributed by atoms with Gasteiger partial charge in [0.15, 0.2) is 0 Å². The summed E-state index contributed by atoms with van der Waals surface area (Å²) in [5.74, 6) is -0.270. The van der Waals surface area contributed by atoms with Gasteiger partial charge in [0.05, 0.1) is 16.9 Å². The fourth-order valence-corrected chi connectivity index (χ4v) is 1.99. The third kappa shape index (κ3) is 2.31. The van der Waals surface area contributed by atoms with E-state index in [1.165, 1.54) is 0 Å². The van der Waals surface area contributed by atoms with Crippen molar-refractivity contribution in [3.05, 3.63) is 66.4 Å². The maximum Gasteiger partial charge on any atom is 0.274 e. The number of para-hydroxylation sites is 3. The Morgan fingerprint density at radius 3 is 2.55 bits per heavy atom. The highest BCUT2D eigenvalue weighted by atomic mass is 16.1. The van der Waals surface area contributed by atoms with Gasteiger partial charge in [0.2, 0.25) is 0 Å². The lowest BCUT2D eigenvalue weighted by molar-refractivity contribution is 0.102. The maximum atomic E-state index is 12.2. The summed E-state index contributed by atoms with van der Waals surface area (Å²) in [6.45, 7) is 0. The van der Waals surface area contributed by atoms with E-state index in [1.807, 2.05) is 42.5 Å². The Kier molecular flexibility index (Phi) is 3.05. The third-order valence-corrected chi connectivity index (χ3v) is 3.04. The van der Waals surface area contributed by atoms with Crippen LogP contribution >= 0.6 is 0 Å². The van der Waals surface area contributed by atoms with E-state index in [0.717, 1.165) is 10.9 Å². The Hall–Kier alpha value is -2.88. The lowest BCUT2D eigenvalue weighted by Gasteiger charge is -2.07. The molecule has 0 bridgehead atoms. The number of nitrogens with two attached hydrogens (primary N) is 1. The van der Waals surface area contributed by atoms with Crippen LogP contribution in [-0.2, 0) is 0 Å². The molecule has 4 nitrogen and oxygen atoms in total. The van der Waals surface area contributed by atoms with Gasteiger partial charge in [0, 0.05) is 5.39 Å². The number of anilines is 2. The Balaban J connectivity index is 1.91. The minimum absolute atomic E-state index is 0.270. The normalized spacial score (nSPS) is 10.4. The molecule has 0 saturated heterocycles. The van der Waals surface area contributed by atoms with E-state index in [-0.39, 0.29) is 5.91 Å². The third-order valence-electron chi connectivity index (χ3n) is 3.04. The second-order valence-electron chi connectivity index (χ2n) is 4.43. The Labute approximate surface area is 116 Å². The number of nitrogens with one attached hydrogen (secondary N) is 1. The predicted molar refractivity (Wildman–Crippen MR) is 80.6 cm³/mol. The first-order chi connectivity index (χ1) is 9.74. The number of aromatic nitrogens is 1. The zero-order valence-electron chi connectivity index (χ0n) is 10.7. The second-order valence-corrected chi connectivity index (χ2v) is 4.43. The van der Waals surface area contributed by atoms with Crippen molar-refractivity contribution < 1.29 is 4.79 Å². The van der Waals surface area contributed by atoms with Gasteiger partial charge in [-0.05, 0) is 24.3 Å². The largest absolute Gasteiger partial charge is 0.397 e. The van der Waals surface area contributed by atoms with Crippen LogP contribution < -0.4 is 11.1 Å². The minimum atomic E-state index is -0.270. The van der Waals surface area contributed by atoms with Crippen molar-refractivity contribution >= 4 is 28.2 Å². The van der Waals surface area contributed by atoms with Crippen molar-refractivity contribution in [2.24, 2.45) is 0 Å². The van der Waals surface area contributed by atoms with Gasteiger partial charge in [-0.15, -0.1) is 0 Å². The summed E-state index contributed by atoms with van der Waals surface area (Å²) in [6.07, 6.45) is 0. The summed E-state index contributed by atoms with van der Waals surface area (Å²) < 4.78 is 0. The van der Waals surface area contributed by atoms with E-state index in [4.69, 9.17) is 5.73 Å². The predicted octanol–water partition coefficient (Wildman–Crippen LogP) is 3.07. The maximum absolute atomic E-state index is 12.2. The number of amides is 1. The van der Waals surface area contributed by atoms with Gasteiger partial charge in [-0.25, -0.2) is 4.98 Å². The molecule has 0 spiro atoms. The Morgan fingerprint density at radius 2 is 1.70 bits per heavy atom. The molecule has 98 valence electrons. The molecule has 0 unspecified atom stereocenters. The van der Waals surface area contributed by atoms with Crippen molar-refractivity contribution in [2.75, 3.05) is 11.1 Å². The number of benzene rings is 2. The number of rotatable bonds is 2. The molecule has 3 N–H and O–H groups in total. The Bertz CT molecular complexity index is 783. The molecule has 3 aromatic rings. The molecule has 0 atom stereocenters.